The summed E-state index contributed by atoms with van der Waals surface area (Å²) in [4.78, 5) is 13.6. The van der Waals surface area contributed by atoms with Crippen LogP contribution in [0.5, 0.6) is 0 Å². The van der Waals surface area contributed by atoms with Gasteiger partial charge in [-0.15, -0.1) is 0 Å². The van der Waals surface area contributed by atoms with E-state index in [1.54, 1.807) is 24.8 Å². The lowest BCUT2D eigenvalue weighted by Gasteiger charge is -2.23. The quantitative estimate of drug-likeness (QED) is 0.648. The van der Waals surface area contributed by atoms with E-state index in [0.29, 0.717) is 29.9 Å². The van der Waals surface area contributed by atoms with Crippen molar-refractivity contribution >= 4 is 31.6 Å². The lowest BCUT2D eigenvalue weighted by Crippen LogP contribution is -2.34. The molecular weight excluding hydrogens is 390 g/mol. The Bertz CT molecular complexity index is 891. The number of hydrogen-bond acceptors (Lipinski definition) is 5. The van der Waals surface area contributed by atoms with Gasteiger partial charge < -0.3 is 4.90 Å². The summed E-state index contributed by atoms with van der Waals surface area (Å²) in [7, 11) is -6.04. The molecule has 1 N–H and O–H groups in total. The fraction of sp³-hybridized carbons (Fsp3) is 0.588. The average molecular weight is 420 g/mol. The molecule has 0 atom stereocenters. The maximum Gasteiger partial charge on any atom is 0.240 e. The molecule has 0 aromatic heterocycles. The maximum atomic E-state index is 12.7. The Hall–Kier alpha value is -1.65. The van der Waals surface area contributed by atoms with Crippen molar-refractivity contribution in [1.82, 2.24) is 9.62 Å². The van der Waals surface area contributed by atoms with Gasteiger partial charge >= 0.3 is 0 Å². The first kappa shape index (κ1) is 23.4. The number of anilines is 1. The third kappa shape index (κ3) is 5.66. The molecule has 0 fully saturated rings. The molecule has 0 aliphatic carbocycles. The molecule has 0 saturated carbocycles. The summed E-state index contributed by atoms with van der Waals surface area (Å²) in [5.41, 5.74) is 1.32. The normalized spacial score (nSPS) is 12.1. The van der Waals surface area contributed by atoms with Crippen LogP contribution >= 0.6 is 0 Å². The van der Waals surface area contributed by atoms with Crippen LogP contribution in [0.2, 0.25) is 0 Å². The first-order chi connectivity index (χ1) is 12.4. The molecule has 27 heavy (non-hydrogen) atoms. The number of carbonyl (C=O) groups excluding carboxylic acids is 1. The van der Waals surface area contributed by atoms with Crippen molar-refractivity contribution in [2.45, 2.75) is 39.0 Å². The Morgan fingerprint density at radius 2 is 1.63 bits per heavy atom. The molecule has 0 heterocycles. The number of hydrogen-bond donors (Lipinski definition) is 1. The molecule has 1 aromatic rings. The van der Waals surface area contributed by atoms with Gasteiger partial charge in [-0.3, -0.25) is 9.10 Å². The molecule has 154 valence electrons. The van der Waals surface area contributed by atoms with Crippen LogP contribution in [0.1, 0.15) is 31.4 Å². The zero-order valence-electron chi connectivity index (χ0n) is 16.7. The highest BCUT2D eigenvalue weighted by Gasteiger charge is 2.24. The van der Waals surface area contributed by atoms with E-state index in [4.69, 9.17) is 0 Å². The minimum Gasteiger partial charge on any atom is -0.343 e. The van der Waals surface area contributed by atoms with Gasteiger partial charge in [-0.1, -0.05) is 6.07 Å². The van der Waals surface area contributed by atoms with Gasteiger partial charge in [0.2, 0.25) is 26.0 Å². The number of rotatable bonds is 9. The predicted octanol–water partition coefficient (Wildman–Crippen LogP) is 1.24. The number of benzene rings is 1. The minimum atomic E-state index is -3.89. The summed E-state index contributed by atoms with van der Waals surface area (Å²) < 4.78 is 52.6. The highest BCUT2D eigenvalue weighted by molar-refractivity contribution is 7.92. The Morgan fingerprint density at radius 3 is 2.11 bits per heavy atom. The van der Waals surface area contributed by atoms with Gasteiger partial charge in [0.25, 0.3) is 0 Å². The van der Waals surface area contributed by atoms with Crippen molar-refractivity contribution in [2.75, 3.05) is 37.2 Å². The van der Waals surface area contributed by atoms with Crippen LogP contribution in [0.4, 0.5) is 5.69 Å². The molecule has 8 nitrogen and oxygen atoms in total. The van der Waals surface area contributed by atoms with Gasteiger partial charge in [0, 0.05) is 33.1 Å². The largest absolute Gasteiger partial charge is 0.343 e. The van der Waals surface area contributed by atoms with E-state index in [9.17, 15) is 21.6 Å². The zero-order chi connectivity index (χ0) is 21.0. The molecule has 0 unspecified atom stereocenters. The van der Waals surface area contributed by atoms with Crippen LogP contribution in [0, 0.1) is 13.8 Å². The maximum absolute atomic E-state index is 12.7. The van der Waals surface area contributed by atoms with E-state index in [0.717, 1.165) is 10.6 Å². The Morgan fingerprint density at radius 1 is 1.07 bits per heavy atom. The summed E-state index contributed by atoms with van der Waals surface area (Å²) in [5.74, 6) is -0.124. The zero-order valence-corrected chi connectivity index (χ0v) is 18.4. The van der Waals surface area contributed by atoms with Crippen LogP contribution in [-0.2, 0) is 24.8 Å². The number of carbonyl (C=O) groups is 1. The molecule has 1 rings (SSSR count). The number of nitrogens with zero attached hydrogens (tertiary/aromatic N) is 2. The first-order valence-electron chi connectivity index (χ1n) is 8.68. The van der Waals surface area contributed by atoms with E-state index in [2.05, 4.69) is 4.72 Å². The van der Waals surface area contributed by atoms with E-state index in [1.807, 2.05) is 13.8 Å². The predicted molar refractivity (Wildman–Crippen MR) is 107 cm³/mol. The lowest BCUT2D eigenvalue weighted by atomic mass is 10.1. The SMILES string of the molecule is CCN(CC)C(=O)CCNS(=O)(=O)c1ccc(C)c(N(C)S(C)(=O)=O)c1C. The van der Waals surface area contributed by atoms with Crippen molar-refractivity contribution in [2.24, 2.45) is 0 Å². The second kappa shape index (κ2) is 9.03. The standard InChI is InChI=1S/C17H29N3O5S2/c1-7-20(8-2)16(21)11-12-18-27(24,25)15-10-9-13(3)17(14(15)4)19(5)26(6,22)23/h9-10,18H,7-8,11-12H2,1-6H3. The van der Waals surface area contributed by atoms with Gasteiger partial charge in [-0.05, 0) is 44.9 Å². The molecule has 1 amide bonds. The highest BCUT2D eigenvalue weighted by atomic mass is 32.2. The Kier molecular flexibility index (Phi) is 7.82. The minimum absolute atomic E-state index is 0.00566. The monoisotopic (exact) mass is 419 g/mol. The molecular formula is C17H29N3O5S2. The van der Waals surface area contributed by atoms with Crippen molar-refractivity contribution < 1.29 is 21.6 Å². The lowest BCUT2D eigenvalue weighted by molar-refractivity contribution is -0.130. The number of nitrogens with one attached hydrogen (secondary N) is 1. The Labute approximate surface area is 162 Å². The second-order valence-electron chi connectivity index (χ2n) is 6.30. The second-order valence-corrected chi connectivity index (χ2v) is 10.0. The van der Waals surface area contributed by atoms with Crippen LogP contribution in [-0.4, -0.2) is 60.6 Å². The van der Waals surface area contributed by atoms with Crippen molar-refractivity contribution in [3.63, 3.8) is 0 Å². The van der Waals surface area contributed by atoms with Gasteiger partial charge in [-0.25, -0.2) is 21.6 Å². The Balaban J connectivity index is 3.10. The highest BCUT2D eigenvalue weighted by Crippen LogP contribution is 2.30. The van der Waals surface area contributed by atoms with E-state index in [1.165, 1.54) is 13.1 Å². The first-order valence-corrected chi connectivity index (χ1v) is 12.0. The number of aryl methyl sites for hydroxylation is 1. The summed E-state index contributed by atoms with van der Waals surface area (Å²) in [6, 6.07) is 3.01. The topological polar surface area (TPSA) is 104 Å². The van der Waals surface area contributed by atoms with E-state index < -0.39 is 20.0 Å². The fourth-order valence-electron chi connectivity index (χ4n) is 2.86. The third-order valence-electron chi connectivity index (χ3n) is 4.43. The fourth-order valence-corrected chi connectivity index (χ4v) is 4.75. The van der Waals surface area contributed by atoms with Crippen molar-refractivity contribution in [3.05, 3.63) is 23.3 Å². The summed E-state index contributed by atoms with van der Waals surface area (Å²) in [6.07, 6.45) is 1.12. The molecule has 0 aliphatic rings. The van der Waals surface area contributed by atoms with Crippen molar-refractivity contribution in [1.29, 1.82) is 0 Å². The smallest absolute Gasteiger partial charge is 0.240 e. The molecule has 0 spiro atoms. The van der Waals surface area contributed by atoms with Crippen LogP contribution in [0.15, 0.2) is 17.0 Å². The third-order valence-corrected chi connectivity index (χ3v) is 7.21. The van der Waals surface area contributed by atoms with Crippen LogP contribution < -0.4 is 9.03 Å². The van der Waals surface area contributed by atoms with Crippen molar-refractivity contribution in [3.8, 4) is 0 Å². The summed E-state index contributed by atoms with van der Waals surface area (Å²) in [5, 5.41) is 0. The van der Waals surface area contributed by atoms with E-state index >= 15 is 0 Å². The molecule has 0 saturated heterocycles. The summed E-state index contributed by atoms with van der Waals surface area (Å²) in [6.45, 7) is 8.13. The molecule has 0 radical (unpaired) electrons. The van der Waals surface area contributed by atoms with E-state index in [-0.39, 0.29) is 23.8 Å². The van der Waals surface area contributed by atoms with Crippen LogP contribution in [0.3, 0.4) is 0 Å². The van der Waals surface area contributed by atoms with Gasteiger partial charge in [0.05, 0.1) is 16.8 Å². The molecule has 0 bridgehead atoms. The van der Waals surface area contributed by atoms with Gasteiger partial charge in [0.15, 0.2) is 0 Å². The van der Waals surface area contributed by atoms with Gasteiger partial charge in [0.1, 0.15) is 0 Å². The number of sulfonamides is 2. The molecule has 1 aromatic carbocycles. The van der Waals surface area contributed by atoms with Gasteiger partial charge in [-0.2, -0.15) is 0 Å². The molecule has 0 aliphatic heterocycles. The summed E-state index contributed by atoms with van der Waals surface area (Å²) >= 11 is 0. The molecule has 10 heteroatoms. The van der Waals surface area contributed by atoms with Crippen LogP contribution in [0.25, 0.3) is 0 Å². The number of amides is 1. The average Bonchev–Trinajstić information content (AvgIpc) is 2.54.